The fraction of sp³-hybridized carbons (Fsp3) is 1.00. The molecule has 0 aromatic carbocycles. The first kappa shape index (κ1) is 11.4. The molecule has 15 heavy (non-hydrogen) atoms. The minimum absolute atomic E-state index is 0.0319. The SMILES string of the molecule is CCC1CCCCC1CCC(O)C1CC1. The first-order valence-electron chi connectivity index (χ1n) is 6.99. The lowest BCUT2D eigenvalue weighted by atomic mass is 9.75. The van der Waals surface area contributed by atoms with Crippen LogP contribution < -0.4 is 0 Å². The van der Waals surface area contributed by atoms with Crippen LogP contribution in [0.25, 0.3) is 0 Å². The predicted octanol–water partition coefficient (Wildman–Crippen LogP) is 3.75. The Kier molecular flexibility index (Phi) is 4.07. The molecule has 0 aromatic heterocycles. The van der Waals surface area contributed by atoms with E-state index >= 15 is 0 Å². The standard InChI is InChI=1S/C14H26O/c1-2-11-5-3-4-6-12(11)9-10-14(15)13-7-8-13/h11-15H,2-10H2,1H3. The van der Waals surface area contributed by atoms with Crippen LogP contribution in [0.2, 0.25) is 0 Å². The first-order chi connectivity index (χ1) is 7.31. The summed E-state index contributed by atoms with van der Waals surface area (Å²) < 4.78 is 0. The highest BCUT2D eigenvalue weighted by atomic mass is 16.3. The first-order valence-corrected chi connectivity index (χ1v) is 6.99. The maximum atomic E-state index is 9.88. The maximum absolute atomic E-state index is 9.88. The van der Waals surface area contributed by atoms with Gasteiger partial charge in [0, 0.05) is 0 Å². The summed E-state index contributed by atoms with van der Waals surface area (Å²) in [4.78, 5) is 0. The normalized spacial score (nSPS) is 34.0. The molecule has 2 aliphatic rings. The van der Waals surface area contributed by atoms with Crippen molar-refractivity contribution >= 4 is 0 Å². The Bertz CT molecular complexity index is 186. The minimum Gasteiger partial charge on any atom is -0.393 e. The van der Waals surface area contributed by atoms with Crippen molar-refractivity contribution in [3.05, 3.63) is 0 Å². The van der Waals surface area contributed by atoms with Crippen LogP contribution in [0.3, 0.4) is 0 Å². The third kappa shape index (κ3) is 3.21. The molecule has 2 aliphatic carbocycles. The van der Waals surface area contributed by atoms with Gasteiger partial charge < -0.3 is 5.11 Å². The Morgan fingerprint density at radius 2 is 1.73 bits per heavy atom. The Balaban J connectivity index is 1.71. The monoisotopic (exact) mass is 210 g/mol. The van der Waals surface area contributed by atoms with Crippen molar-refractivity contribution in [2.24, 2.45) is 17.8 Å². The van der Waals surface area contributed by atoms with Crippen LogP contribution in [0.5, 0.6) is 0 Å². The molecule has 0 aliphatic heterocycles. The molecule has 2 rings (SSSR count). The molecule has 0 radical (unpaired) electrons. The third-order valence-electron chi connectivity index (χ3n) is 4.59. The number of aliphatic hydroxyl groups excluding tert-OH is 1. The van der Waals surface area contributed by atoms with Gasteiger partial charge in [-0.25, -0.2) is 0 Å². The van der Waals surface area contributed by atoms with E-state index in [9.17, 15) is 5.11 Å². The van der Waals surface area contributed by atoms with Gasteiger partial charge in [0.15, 0.2) is 0 Å². The van der Waals surface area contributed by atoms with Gasteiger partial charge in [-0.05, 0) is 43.4 Å². The van der Waals surface area contributed by atoms with E-state index in [0.717, 1.165) is 18.3 Å². The molecule has 3 unspecified atom stereocenters. The van der Waals surface area contributed by atoms with Gasteiger partial charge in [-0.3, -0.25) is 0 Å². The third-order valence-corrected chi connectivity index (χ3v) is 4.59. The molecule has 3 atom stereocenters. The molecule has 0 saturated heterocycles. The van der Waals surface area contributed by atoms with Crippen LogP contribution in [0, 0.1) is 17.8 Å². The summed E-state index contributed by atoms with van der Waals surface area (Å²) in [7, 11) is 0. The van der Waals surface area contributed by atoms with E-state index in [1.54, 1.807) is 0 Å². The van der Waals surface area contributed by atoms with Crippen molar-refractivity contribution in [3.8, 4) is 0 Å². The van der Waals surface area contributed by atoms with Gasteiger partial charge in [-0.2, -0.15) is 0 Å². The Labute approximate surface area is 94.3 Å². The van der Waals surface area contributed by atoms with E-state index in [0.29, 0.717) is 5.92 Å². The Morgan fingerprint density at radius 1 is 1.07 bits per heavy atom. The lowest BCUT2D eigenvalue weighted by molar-refractivity contribution is 0.116. The number of rotatable bonds is 5. The van der Waals surface area contributed by atoms with Gasteiger partial charge in [0.25, 0.3) is 0 Å². The molecular formula is C14H26O. The van der Waals surface area contributed by atoms with E-state index < -0.39 is 0 Å². The molecule has 2 fully saturated rings. The van der Waals surface area contributed by atoms with Crippen molar-refractivity contribution in [1.29, 1.82) is 0 Å². The van der Waals surface area contributed by atoms with E-state index in [4.69, 9.17) is 0 Å². The summed E-state index contributed by atoms with van der Waals surface area (Å²) in [5.41, 5.74) is 0. The van der Waals surface area contributed by atoms with Crippen molar-refractivity contribution in [2.45, 2.75) is 70.8 Å². The van der Waals surface area contributed by atoms with Gasteiger partial charge in [-0.1, -0.05) is 39.0 Å². The Hall–Kier alpha value is -0.0400. The van der Waals surface area contributed by atoms with E-state index in [1.165, 1.54) is 51.4 Å². The van der Waals surface area contributed by atoms with Crippen molar-refractivity contribution < 1.29 is 5.11 Å². The maximum Gasteiger partial charge on any atom is 0.0568 e. The molecule has 0 heterocycles. The van der Waals surface area contributed by atoms with Crippen molar-refractivity contribution in [2.75, 3.05) is 0 Å². The minimum atomic E-state index is 0.0319. The number of hydrogen-bond donors (Lipinski definition) is 1. The lowest BCUT2D eigenvalue weighted by Gasteiger charge is -2.31. The Morgan fingerprint density at radius 3 is 2.33 bits per heavy atom. The zero-order chi connectivity index (χ0) is 10.7. The van der Waals surface area contributed by atoms with Gasteiger partial charge in [0.05, 0.1) is 6.10 Å². The molecule has 0 amide bonds. The largest absolute Gasteiger partial charge is 0.393 e. The summed E-state index contributed by atoms with van der Waals surface area (Å²) in [5, 5.41) is 9.88. The number of aliphatic hydroxyl groups is 1. The molecule has 0 bridgehead atoms. The zero-order valence-corrected chi connectivity index (χ0v) is 10.1. The summed E-state index contributed by atoms with van der Waals surface area (Å²) in [6.45, 7) is 2.33. The van der Waals surface area contributed by atoms with Crippen LogP contribution in [-0.2, 0) is 0 Å². The summed E-state index contributed by atoms with van der Waals surface area (Å²) >= 11 is 0. The molecule has 0 aromatic rings. The molecule has 1 nitrogen and oxygen atoms in total. The topological polar surface area (TPSA) is 20.2 Å². The highest BCUT2D eigenvalue weighted by molar-refractivity contribution is 4.82. The van der Waals surface area contributed by atoms with E-state index in [1.807, 2.05) is 0 Å². The van der Waals surface area contributed by atoms with Gasteiger partial charge in [-0.15, -0.1) is 0 Å². The highest BCUT2D eigenvalue weighted by Gasteiger charge is 2.31. The van der Waals surface area contributed by atoms with Crippen LogP contribution >= 0.6 is 0 Å². The zero-order valence-electron chi connectivity index (χ0n) is 10.1. The van der Waals surface area contributed by atoms with Gasteiger partial charge in [0.2, 0.25) is 0 Å². The van der Waals surface area contributed by atoms with Gasteiger partial charge >= 0.3 is 0 Å². The fourth-order valence-corrected chi connectivity index (χ4v) is 3.30. The quantitative estimate of drug-likeness (QED) is 0.732. The van der Waals surface area contributed by atoms with Crippen molar-refractivity contribution in [1.82, 2.24) is 0 Å². The predicted molar refractivity (Wildman–Crippen MR) is 63.7 cm³/mol. The van der Waals surface area contributed by atoms with Gasteiger partial charge in [0.1, 0.15) is 0 Å². The molecule has 1 heteroatoms. The lowest BCUT2D eigenvalue weighted by Crippen LogP contribution is -2.21. The fourth-order valence-electron chi connectivity index (χ4n) is 3.30. The second-order valence-electron chi connectivity index (χ2n) is 5.69. The molecular weight excluding hydrogens is 184 g/mol. The smallest absolute Gasteiger partial charge is 0.0568 e. The van der Waals surface area contributed by atoms with Crippen LogP contribution in [0.4, 0.5) is 0 Å². The average Bonchev–Trinajstić information content (AvgIpc) is 3.10. The molecule has 0 spiro atoms. The average molecular weight is 210 g/mol. The second-order valence-corrected chi connectivity index (χ2v) is 5.69. The second kappa shape index (κ2) is 5.34. The molecule has 2 saturated carbocycles. The summed E-state index contributed by atoms with van der Waals surface area (Å²) in [6.07, 6.45) is 12.1. The van der Waals surface area contributed by atoms with E-state index in [-0.39, 0.29) is 6.10 Å². The summed E-state index contributed by atoms with van der Waals surface area (Å²) in [5.74, 6) is 2.57. The molecule has 88 valence electrons. The highest BCUT2D eigenvalue weighted by Crippen LogP contribution is 2.38. The summed E-state index contributed by atoms with van der Waals surface area (Å²) in [6, 6.07) is 0. The van der Waals surface area contributed by atoms with E-state index in [2.05, 4.69) is 6.92 Å². The van der Waals surface area contributed by atoms with Crippen LogP contribution in [0.1, 0.15) is 64.7 Å². The van der Waals surface area contributed by atoms with Crippen molar-refractivity contribution in [3.63, 3.8) is 0 Å². The molecule has 1 N–H and O–H groups in total. The number of hydrogen-bond acceptors (Lipinski definition) is 1. The van der Waals surface area contributed by atoms with Crippen LogP contribution in [0.15, 0.2) is 0 Å². The van der Waals surface area contributed by atoms with Crippen LogP contribution in [-0.4, -0.2) is 11.2 Å².